The van der Waals surface area contributed by atoms with Gasteiger partial charge in [0.2, 0.25) is 0 Å². The summed E-state index contributed by atoms with van der Waals surface area (Å²) in [6.07, 6.45) is 0.116. The number of nitrogens with zero attached hydrogens (tertiary/aromatic N) is 3. The summed E-state index contributed by atoms with van der Waals surface area (Å²) < 4.78 is 0. The van der Waals surface area contributed by atoms with Crippen LogP contribution in [0.1, 0.15) is 6.92 Å². The predicted octanol–water partition coefficient (Wildman–Crippen LogP) is -0.843. The van der Waals surface area contributed by atoms with Crippen LogP contribution in [0.5, 0.6) is 0 Å². The molecule has 5 heteroatoms. The molecular weight excluding hydrogens is 146 g/mol. The molecule has 0 aliphatic carbocycles. The monoisotopic (exact) mass is 158 g/mol. The quantitative estimate of drug-likeness (QED) is 0.305. The zero-order chi connectivity index (χ0) is 8.85. The fraction of sp³-hybridized carbons (Fsp3) is 0.667. The number of amides is 1. The molecule has 0 saturated carbocycles. The molecule has 5 nitrogen and oxygen atoms in total. The van der Waals surface area contributed by atoms with E-state index in [4.69, 9.17) is 0 Å². The van der Waals surface area contributed by atoms with Crippen molar-refractivity contribution < 1.29 is 9.90 Å². The largest absolute Gasteiger partial charge is 0.529 e. The van der Waals surface area contributed by atoms with Crippen molar-refractivity contribution in [2.75, 3.05) is 20.6 Å². The van der Waals surface area contributed by atoms with E-state index in [1.807, 2.05) is 0 Å². The van der Waals surface area contributed by atoms with E-state index >= 15 is 0 Å². The smallest absolute Gasteiger partial charge is 0.158 e. The summed E-state index contributed by atoms with van der Waals surface area (Å²) in [5, 5.41) is 14.7. The van der Waals surface area contributed by atoms with Gasteiger partial charge in [0.1, 0.15) is 6.34 Å². The normalized spacial score (nSPS) is 10.1. The topological polar surface area (TPSA) is 59.0 Å². The number of carbonyl (C=O) groups is 1. The molecule has 0 aliphatic rings. The Bertz CT molecular complexity index is 156. The van der Waals surface area contributed by atoms with Crippen LogP contribution in [0.15, 0.2) is 5.10 Å². The number of rotatable bonds is 3. The van der Waals surface area contributed by atoms with Crippen LogP contribution in [0.3, 0.4) is 0 Å². The van der Waals surface area contributed by atoms with Crippen LogP contribution in [0.4, 0.5) is 4.79 Å². The highest BCUT2D eigenvalue weighted by atomic mass is 16.4. The van der Waals surface area contributed by atoms with E-state index in [1.165, 1.54) is 6.34 Å². The minimum Gasteiger partial charge on any atom is -0.529 e. The lowest BCUT2D eigenvalue weighted by atomic mass is 10.7. The molecule has 0 aromatic heterocycles. The summed E-state index contributed by atoms with van der Waals surface area (Å²) in [7, 11) is 3.51. The Morgan fingerprint density at radius 1 is 1.64 bits per heavy atom. The first kappa shape index (κ1) is 9.74. The molecule has 0 saturated heterocycles. The lowest BCUT2D eigenvalue weighted by molar-refractivity contribution is -0.265. The van der Waals surface area contributed by atoms with E-state index < -0.39 is 6.09 Å². The van der Waals surface area contributed by atoms with E-state index in [0.29, 0.717) is 6.54 Å². The van der Waals surface area contributed by atoms with Gasteiger partial charge in [-0.1, -0.05) is 0 Å². The highest BCUT2D eigenvalue weighted by Crippen LogP contribution is 1.85. The van der Waals surface area contributed by atoms with E-state index in [1.54, 1.807) is 25.9 Å². The summed E-state index contributed by atoms with van der Waals surface area (Å²) in [4.78, 5) is 11.9. The first-order valence-electron chi connectivity index (χ1n) is 3.27. The Kier molecular flexibility index (Phi) is 4.02. The molecule has 0 aromatic carbocycles. The van der Waals surface area contributed by atoms with Crippen LogP contribution >= 0.6 is 0 Å². The van der Waals surface area contributed by atoms with Crippen molar-refractivity contribution in [2.45, 2.75) is 6.92 Å². The third-order valence-corrected chi connectivity index (χ3v) is 0.932. The second-order valence-electron chi connectivity index (χ2n) is 2.18. The molecule has 0 spiro atoms. The molecule has 0 N–H and O–H groups in total. The minimum atomic E-state index is -1.29. The molecule has 0 unspecified atom stereocenters. The first-order valence-corrected chi connectivity index (χ1v) is 3.27. The number of hydrazone groups is 1. The molecule has 0 heterocycles. The zero-order valence-corrected chi connectivity index (χ0v) is 6.94. The van der Waals surface area contributed by atoms with Crippen molar-refractivity contribution in [3.05, 3.63) is 0 Å². The molecule has 0 fully saturated rings. The maximum Gasteiger partial charge on any atom is 0.158 e. The highest BCUT2D eigenvalue weighted by Gasteiger charge is 1.94. The Labute approximate surface area is 65.9 Å². The van der Waals surface area contributed by atoms with E-state index in [0.717, 1.165) is 5.01 Å². The summed E-state index contributed by atoms with van der Waals surface area (Å²) in [6.45, 7) is 1.98. The maximum absolute atomic E-state index is 10.2. The van der Waals surface area contributed by atoms with Gasteiger partial charge in [0.05, 0.1) is 0 Å². The van der Waals surface area contributed by atoms with Crippen LogP contribution in [0, 0.1) is 0 Å². The Hall–Kier alpha value is -1.26. The van der Waals surface area contributed by atoms with Crippen LogP contribution < -0.4 is 5.11 Å². The number of hydrogen-bond acceptors (Lipinski definition) is 3. The Morgan fingerprint density at radius 3 is 2.45 bits per heavy atom. The van der Waals surface area contributed by atoms with Crippen LogP contribution in [0.25, 0.3) is 0 Å². The summed E-state index contributed by atoms with van der Waals surface area (Å²) in [5.41, 5.74) is 0. The standard InChI is InChI=1S/C6H13N3O2/c1-4-9(6(10)11)7-5-8(2)3/h5H,4H2,1-3H3,(H,10,11)/p-1. The van der Waals surface area contributed by atoms with Crippen LogP contribution in [-0.4, -0.2) is 43.0 Å². The van der Waals surface area contributed by atoms with E-state index in [9.17, 15) is 9.90 Å². The minimum absolute atomic E-state index is 0.298. The molecule has 0 bridgehead atoms. The first-order chi connectivity index (χ1) is 5.07. The van der Waals surface area contributed by atoms with Crippen molar-refractivity contribution in [3.8, 4) is 0 Å². The molecule has 0 aliphatic heterocycles. The maximum atomic E-state index is 10.2. The van der Waals surface area contributed by atoms with Crippen molar-refractivity contribution in [1.82, 2.24) is 9.91 Å². The van der Waals surface area contributed by atoms with Gasteiger partial charge < -0.3 is 14.8 Å². The molecule has 0 atom stereocenters. The molecule has 1 amide bonds. The van der Waals surface area contributed by atoms with Crippen LogP contribution in [-0.2, 0) is 0 Å². The molecule has 11 heavy (non-hydrogen) atoms. The van der Waals surface area contributed by atoms with Crippen molar-refractivity contribution in [2.24, 2.45) is 5.10 Å². The molecule has 0 rings (SSSR count). The summed E-state index contributed by atoms with van der Waals surface area (Å²) >= 11 is 0. The zero-order valence-electron chi connectivity index (χ0n) is 6.94. The number of hydrogen-bond donors (Lipinski definition) is 0. The van der Waals surface area contributed by atoms with Gasteiger partial charge in [-0.25, -0.2) is 5.01 Å². The van der Waals surface area contributed by atoms with Gasteiger partial charge in [-0.05, 0) is 6.92 Å². The second kappa shape index (κ2) is 4.54. The van der Waals surface area contributed by atoms with Gasteiger partial charge >= 0.3 is 0 Å². The van der Waals surface area contributed by atoms with E-state index in [2.05, 4.69) is 5.10 Å². The third-order valence-electron chi connectivity index (χ3n) is 0.932. The lowest BCUT2D eigenvalue weighted by Crippen LogP contribution is -2.38. The Morgan fingerprint density at radius 2 is 2.18 bits per heavy atom. The second-order valence-corrected chi connectivity index (χ2v) is 2.18. The summed E-state index contributed by atoms with van der Waals surface area (Å²) in [5.74, 6) is 0. The average Bonchev–Trinajstić information content (AvgIpc) is 1.87. The average molecular weight is 158 g/mol. The van der Waals surface area contributed by atoms with Gasteiger partial charge in [-0.15, -0.1) is 0 Å². The van der Waals surface area contributed by atoms with Crippen molar-refractivity contribution in [1.29, 1.82) is 0 Å². The number of carbonyl (C=O) groups excluding carboxylic acids is 1. The number of carboxylic acid groups (broad SMARTS) is 1. The van der Waals surface area contributed by atoms with Gasteiger partial charge in [0.25, 0.3) is 0 Å². The van der Waals surface area contributed by atoms with Gasteiger partial charge in [0, 0.05) is 20.6 Å². The molecule has 0 radical (unpaired) electrons. The predicted molar refractivity (Wildman–Crippen MR) is 40.0 cm³/mol. The van der Waals surface area contributed by atoms with Crippen LogP contribution in [0.2, 0.25) is 0 Å². The van der Waals surface area contributed by atoms with Crippen molar-refractivity contribution >= 4 is 12.4 Å². The van der Waals surface area contributed by atoms with Gasteiger partial charge in [0.15, 0.2) is 6.09 Å². The summed E-state index contributed by atoms with van der Waals surface area (Å²) in [6, 6.07) is 0. The molecular formula is C6H12N3O2-. The lowest BCUT2D eigenvalue weighted by Gasteiger charge is -2.17. The van der Waals surface area contributed by atoms with Gasteiger partial charge in [-0.2, -0.15) is 5.10 Å². The fourth-order valence-corrected chi connectivity index (χ4v) is 0.424. The Balaban J connectivity index is 3.97. The molecule has 0 aromatic rings. The van der Waals surface area contributed by atoms with Gasteiger partial charge in [-0.3, -0.25) is 0 Å². The SMILES string of the molecule is CCN(N=CN(C)C)C(=O)[O-]. The van der Waals surface area contributed by atoms with E-state index in [-0.39, 0.29) is 0 Å². The third kappa shape index (κ3) is 4.19. The molecule has 64 valence electrons. The highest BCUT2D eigenvalue weighted by molar-refractivity contribution is 5.64. The van der Waals surface area contributed by atoms with Crippen molar-refractivity contribution in [3.63, 3.8) is 0 Å². The fourth-order valence-electron chi connectivity index (χ4n) is 0.424.